The Kier molecular flexibility index (Phi) is 14.8. The van der Waals surface area contributed by atoms with Gasteiger partial charge in [-0.3, -0.25) is 18.7 Å². The molecule has 1 radical (unpaired) electrons. The van der Waals surface area contributed by atoms with Crippen LogP contribution < -0.4 is 0 Å². The summed E-state index contributed by atoms with van der Waals surface area (Å²) >= 11 is 0. The third kappa shape index (κ3) is 11.4. The van der Waals surface area contributed by atoms with Crippen molar-refractivity contribution in [1.82, 2.24) is 15.0 Å². The summed E-state index contributed by atoms with van der Waals surface area (Å²) in [6.45, 7) is 10.2. The van der Waals surface area contributed by atoms with Crippen molar-refractivity contribution in [2.24, 2.45) is 0 Å². The molecule has 0 saturated carbocycles. The molecule has 0 amide bonds. The van der Waals surface area contributed by atoms with E-state index in [1.165, 1.54) is 24.3 Å². The maximum absolute atomic E-state index is 13.7. The van der Waals surface area contributed by atoms with Gasteiger partial charge in [0.2, 0.25) is 0 Å². The largest absolute Gasteiger partial charge is 0.305 e. The van der Waals surface area contributed by atoms with Crippen molar-refractivity contribution in [1.29, 1.82) is 0 Å². The van der Waals surface area contributed by atoms with Crippen LogP contribution in [0.3, 0.4) is 0 Å². The molecule has 267 valence electrons. The first-order valence-electron chi connectivity index (χ1n) is 15.9. The fourth-order valence-electron chi connectivity index (χ4n) is 4.75. The molecule has 0 aliphatic carbocycles. The Morgan fingerprint density at radius 1 is 0.529 bits per heavy atom. The molecule has 0 bridgehead atoms. The van der Waals surface area contributed by atoms with E-state index in [4.69, 9.17) is 0 Å². The van der Waals surface area contributed by atoms with E-state index in [0.29, 0.717) is 28.2 Å². The topological polar surface area (TPSA) is 38.7 Å². The molecule has 3 aromatic carbocycles. The van der Waals surface area contributed by atoms with Crippen LogP contribution in [0.2, 0.25) is 0 Å². The molecule has 3 heterocycles. The Labute approximate surface area is 308 Å². The first-order chi connectivity index (χ1) is 23.8. The summed E-state index contributed by atoms with van der Waals surface area (Å²) in [5, 5.41) is 0. The van der Waals surface area contributed by atoms with E-state index in [-0.39, 0.29) is 31.1 Å². The van der Waals surface area contributed by atoms with E-state index < -0.39 is 34.9 Å². The predicted molar refractivity (Wildman–Crippen MR) is 185 cm³/mol. The van der Waals surface area contributed by atoms with Crippen LogP contribution in [0.1, 0.15) is 51.3 Å². The molecular formula is C41H36F6IrN3-. The number of aromatic nitrogens is 3. The summed E-state index contributed by atoms with van der Waals surface area (Å²) in [4.78, 5) is 12.3. The number of benzene rings is 3. The number of hydrogen-bond acceptors (Lipinski definition) is 3. The fourth-order valence-corrected chi connectivity index (χ4v) is 4.75. The molecule has 6 aromatic rings. The van der Waals surface area contributed by atoms with Gasteiger partial charge >= 0.3 is 0 Å². The molecule has 0 aliphatic rings. The zero-order valence-electron chi connectivity index (χ0n) is 28.7. The van der Waals surface area contributed by atoms with Crippen molar-refractivity contribution >= 4 is 0 Å². The smallest absolute Gasteiger partial charge is 0.135 e. The van der Waals surface area contributed by atoms with E-state index in [1.807, 2.05) is 50.2 Å². The van der Waals surface area contributed by atoms with Crippen molar-refractivity contribution in [3.8, 4) is 33.8 Å². The molecular weight excluding hydrogens is 841 g/mol. The molecule has 3 aromatic heterocycles. The number of rotatable bonds is 5. The molecule has 0 saturated heterocycles. The standard InChI is InChI=1S/C15H14F2N.2C13H11F2N.Ir/c1-15(2,3)10-6-7-18-14(8-10)12-5-4-11(16)9-13(12)17;2*1-2-9-5-6-16-13(7-9)11-4-3-10(14)8-12(11)15;/h4,6-9H,1-3H3;2*3-8H,2H2,1H3;/q-1;;;. The summed E-state index contributed by atoms with van der Waals surface area (Å²) < 4.78 is 79.0. The summed E-state index contributed by atoms with van der Waals surface area (Å²) in [7, 11) is 0. The average Bonchev–Trinajstić information content (AvgIpc) is 3.08. The Balaban J connectivity index is 0.000000205. The molecule has 51 heavy (non-hydrogen) atoms. The van der Waals surface area contributed by atoms with E-state index >= 15 is 0 Å². The zero-order valence-corrected chi connectivity index (χ0v) is 31.1. The predicted octanol–water partition coefficient (Wildman–Crippen LogP) is 11.3. The SMILES string of the molecule is CC(C)(C)c1ccnc(-c2[c-]cc(F)cc2F)c1.CCc1ccnc(-c2ccc(F)cc2F)c1.CCc1ccnc(-c2ccc(F)cc2F)c1.[Ir]. The van der Waals surface area contributed by atoms with E-state index in [1.54, 1.807) is 18.6 Å². The third-order valence-electron chi connectivity index (χ3n) is 7.62. The van der Waals surface area contributed by atoms with Gasteiger partial charge in [0.25, 0.3) is 0 Å². The number of nitrogens with zero attached hydrogens (tertiary/aromatic N) is 3. The summed E-state index contributed by atoms with van der Waals surface area (Å²) in [6.07, 6.45) is 6.62. The fraction of sp³-hybridized carbons (Fsp3) is 0.195. The Hall–Kier alpha value is -4.66. The van der Waals surface area contributed by atoms with Crippen LogP contribution in [-0.4, -0.2) is 15.0 Å². The maximum atomic E-state index is 13.7. The second-order valence-corrected chi connectivity index (χ2v) is 12.3. The third-order valence-corrected chi connectivity index (χ3v) is 7.62. The second kappa shape index (κ2) is 18.5. The molecule has 0 atom stereocenters. The summed E-state index contributed by atoms with van der Waals surface area (Å²) in [6, 6.07) is 22.7. The van der Waals surface area contributed by atoms with Gasteiger partial charge in [-0.2, -0.15) is 0 Å². The first-order valence-corrected chi connectivity index (χ1v) is 15.9. The molecule has 6 rings (SSSR count). The van der Waals surface area contributed by atoms with Crippen LogP contribution in [0.25, 0.3) is 33.8 Å². The molecule has 0 N–H and O–H groups in total. The molecule has 0 aliphatic heterocycles. The van der Waals surface area contributed by atoms with Crippen molar-refractivity contribution < 1.29 is 46.4 Å². The summed E-state index contributed by atoms with van der Waals surface area (Å²) in [5.74, 6) is -3.60. The number of aryl methyl sites for hydroxylation is 2. The number of hydrogen-bond donors (Lipinski definition) is 0. The molecule has 0 fully saturated rings. The van der Waals surface area contributed by atoms with Crippen molar-refractivity contribution in [3.05, 3.63) is 161 Å². The minimum atomic E-state index is -0.645. The van der Waals surface area contributed by atoms with E-state index in [9.17, 15) is 26.3 Å². The van der Waals surface area contributed by atoms with Gasteiger partial charge in [-0.05, 0) is 95.2 Å². The zero-order chi connectivity index (χ0) is 36.4. The second-order valence-electron chi connectivity index (χ2n) is 12.3. The molecule has 0 spiro atoms. The van der Waals surface area contributed by atoms with Crippen LogP contribution in [0.15, 0.2) is 104 Å². The van der Waals surface area contributed by atoms with Gasteiger partial charge in [0, 0.05) is 73.6 Å². The molecule has 10 heteroatoms. The molecule has 3 nitrogen and oxygen atoms in total. The van der Waals surface area contributed by atoms with E-state index in [0.717, 1.165) is 53.8 Å². The van der Waals surface area contributed by atoms with Crippen LogP contribution in [0.4, 0.5) is 26.3 Å². The van der Waals surface area contributed by atoms with Crippen molar-refractivity contribution in [2.75, 3.05) is 0 Å². The Morgan fingerprint density at radius 2 is 0.980 bits per heavy atom. The van der Waals surface area contributed by atoms with Crippen LogP contribution in [0.5, 0.6) is 0 Å². The van der Waals surface area contributed by atoms with Crippen molar-refractivity contribution in [3.63, 3.8) is 0 Å². The average molecular weight is 877 g/mol. The van der Waals surface area contributed by atoms with Crippen LogP contribution in [0, 0.1) is 41.0 Å². The number of pyridine rings is 3. The van der Waals surface area contributed by atoms with Gasteiger partial charge in [0.05, 0.1) is 11.4 Å². The van der Waals surface area contributed by atoms with Gasteiger partial charge in [-0.25, -0.2) is 17.6 Å². The molecule has 0 unspecified atom stereocenters. The quantitative estimate of drug-likeness (QED) is 0.128. The van der Waals surface area contributed by atoms with Gasteiger partial charge in [0.1, 0.15) is 23.3 Å². The van der Waals surface area contributed by atoms with E-state index in [2.05, 4.69) is 41.8 Å². The summed E-state index contributed by atoms with van der Waals surface area (Å²) in [5.41, 5.74) is 5.56. The maximum Gasteiger partial charge on any atom is 0.135 e. The van der Waals surface area contributed by atoms with Crippen molar-refractivity contribution in [2.45, 2.75) is 52.9 Å². The van der Waals surface area contributed by atoms with Gasteiger partial charge in [-0.15, -0.1) is 12.1 Å². The monoisotopic (exact) mass is 877 g/mol. The number of halogens is 6. The minimum Gasteiger partial charge on any atom is -0.305 e. The van der Waals surface area contributed by atoms with Crippen LogP contribution in [-0.2, 0) is 38.4 Å². The first kappa shape index (κ1) is 40.8. The van der Waals surface area contributed by atoms with Gasteiger partial charge in [-0.1, -0.05) is 52.3 Å². The van der Waals surface area contributed by atoms with Gasteiger partial charge in [0.15, 0.2) is 0 Å². The van der Waals surface area contributed by atoms with Crippen LogP contribution >= 0.6 is 0 Å². The Morgan fingerprint density at radius 3 is 1.41 bits per heavy atom. The normalized spacial score (nSPS) is 10.6. The van der Waals surface area contributed by atoms with Gasteiger partial charge < -0.3 is 4.98 Å². The Bertz CT molecular complexity index is 1970. The minimum absolute atomic E-state index is 0.